The van der Waals surface area contributed by atoms with Crippen LogP contribution in [0.1, 0.15) is 10.4 Å². The molecule has 100 valence electrons. The third-order valence-electron chi connectivity index (χ3n) is 2.81. The number of hydrogen-bond donors (Lipinski definition) is 1. The van der Waals surface area contributed by atoms with Crippen molar-refractivity contribution < 1.29 is 18.7 Å². The number of benzene rings is 2. The van der Waals surface area contributed by atoms with Gasteiger partial charge in [-0.15, -0.1) is 0 Å². The number of halogens is 2. The maximum atomic E-state index is 13.8. The summed E-state index contributed by atoms with van der Waals surface area (Å²) < 4.78 is 19.2. The molecule has 0 atom stereocenters. The first-order chi connectivity index (χ1) is 9.56. The van der Waals surface area contributed by atoms with E-state index in [0.717, 1.165) is 6.07 Å². The van der Waals surface area contributed by atoms with Crippen molar-refractivity contribution in [3.05, 3.63) is 52.8 Å². The van der Waals surface area contributed by atoms with Gasteiger partial charge in [-0.25, -0.2) is 14.2 Å². The van der Waals surface area contributed by atoms with Crippen molar-refractivity contribution in [3.63, 3.8) is 0 Å². The maximum absolute atomic E-state index is 13.8. The van der Waals surface area contributed by atoms with Crippen molar-refractivity contribution in [3.8, 4) is 11.5 Å². The molecule has 0 amide bonds. The first-order valence-corrected chi connectivity index (χ1v) is 6.02. The van der Waals surface area contributed by atoms with Gasteiger partial charge in [0.25, 0.3) is 0 Å². The van der Waals surface area contributed by atoms with Crippen molar-refractivity contribution in [2.45, 2.75) is 0 Å². The van der Waals surface area contributed by atoms with Gasteiger partial charge in [0.15, 0.2) is 5.58 Å². The van der Waals surface area contributed by atoms with Crippen molar-refractivity contribution in [1.29, 1.82) is 0 Å². The number of carboxylic acids is 1. The summed E-state index contributed by atoms with van der Waals surface area (Å²) in [6.07, 6.45) is 0. The number of fused-ring (bicyclic) bond motifs is 1. The van der Waals surface area contributed by atoms with E-state index in [1.54, 1.807) is 12.1 Å². The summed E-state index contributed by atoms with van der Waals surface area (Å²) in [6.45, 7) is 0. The summed E-state index contributed by atoms with van der Waals surface area (Å²) in [7, 11) is 0. The lowest BCUT2D eigenvalue weighted by molar-refractivity contribution is 0.0699. The molecule has 4 nitrogen and oxygen atoms in total. The van der Waals surface area contributed by atoms with Crippen LogP contribution in [0, 0.1) is 5.82 Å². The van der Waals surface area contributed by atoms with Gasteiger partial charge in [0, 0.05) is 5.02 Å². The minimum atomic E-state index is -1.12. The second-order valence-corrected chi connectivity index (χ2v) is 4.54. The van der Waals surface area contributed by atoms with E-state index in [0.29, 0.717) is 0 Å². The van der Waals surface area contributed by atoms with Gasteiger partial charge in [-0.3, -0.25) is 0 Å². The van der Waals surface area contributed by atoms with Crippen molar-refractivity contribution in [1.82, 2.24) is 4.98 Å². The number of aromatic carboxylic acids is 1. The highest BCUT2D eigenvalue weighted by atomic mass is 35.5. The lowest BCUT2D eigenvalue weighted by atomic mass is 10.2. The van der Waals surface area contributed by atoms with Crippen molar-refractivity contribution in [2.75, 3.05) is 0 Å². The van der Waals surface area contributed by atoms with Crippen molar-refractivity contribution in [2.24, 2.45) is 0 Å². The molecule has 0 aliphatic rings. The predicted octanol–water partition coefficient (Wildman–Crippen LogP) is 3.99. The van der Waals surface area contributed by atoms with Gasteiger partial charge in [-0.2, -0.15) is 0 Å². The van der Waals surface area contributed by atoms with Crippen LogP contribution in [0.4, 0.5) is 4.39 Å². The fourth-order valence-electron chi connectivity index (χ4n) is 1.90. The normalized spacial score (nSPS) is 10.9. The van der Waals surface area contributed by atoms with Gasteiger partial charge in [-0.05, 0) is 30.3 Å². The second kappa shape index (κ2) is 4.61. The molecule has 0 saturated carbocycles. The van der Waals surface area contributed by atoms with Crippen LogP contribution < -0.4 is 0 Å². The number of para-hydroxylation sites is 1. The topological polar surface area (TPSA) is 63.3 Å². The van der Waals surface area contributed by atoms with Gasteiger partial charge in [0.2, 0.25) is 5.89 Å². The molecule has 3 rings (SSSR count). The fourth-order valence-corrected chi connectivity index (χ4v) is 2.06. The zero-order valence-electron chi connectivity index (χ0n) is 9.93. The Labute approximate surface area is 117 Å². The highest BCUT2D eigenvalue weighted by Crippen LogP contribution is 2.29. The summed E-state index contributed by atoms with van der Waals surface area (Å²) in [6, 6.07) is 8.61. The number of aromatic nitrogens is 1. The molecule has 0 saturated heterocycles. The Morgan fingerprint density at radius 3 is 2.80 bits per heavy atom. The molecular formula is C14H7ClFNO3. The monoisotopic (exact) mass is 291 g/mol. The fraction of sp³-hybridized carbons (Fsp3) is 0. The zero-order valence-corrected chi connectivity index (χ0v) is 10.7. The van der Waals surface area contributed by atoms with Crippen LogP contribution in [0.3, 0.4) is 0 Å². The molecule has 0 aliphatic carbocycles. The second-order valence-electron chi connectivity index (χ2n) is 4.10. The highest BCUT2D eigenvalue weighted by Gasteiger charge is 2.17. The van der Waals surface area contributed by atoms with E-state index < -0.39 is 11.8 Å². The van der Waals surface area contributed by atoms with Gasteiger partial charge < -0.3 is 9.52 Å². The SMILES string of the molecule is O=C(O)c1cccc2oc(-c3ccc(Cl)cc3F)nc12. The van der Waals surface area contributed by atoms with E-state index in [1.807, 2.05) is 0 Å². The van der Waals surface area contributed by atoms with Crippen LogP contribution in [0.5, 0.6) is 0 Å². The standard InChI is InChI=1S/C14H7ClFNO3/c15-7-4-5-8(10(16)6-7)13-17-12-9(14(18)19)2-1-3-11(12)20-13/h1-6H,(H,18,19). The van der Waals surface area contributed by atoms with E-state index in [1.165, 1.54) is 18.2 Å². The molecule has 0 radical (unpaired) electrons. The molecule has 0 spiro atoms. The van der Waals surface area contributed by atoms with Gasteiger partial charge in [0.1, 0.15) is 11.3 Å². The zero-order chi connectivity index (χ0) is 14.3. The molecule has 0 unspecified atom stereocenters. The van der Waals surface area contributed by atoms with Crippen LogP contribution in [-0.2, 0) is 0 Å². The number of nitrogens with zero attached hydrogens (tertiary/aromatic N) is 1. The summed E-state index contributed by atoms with van der Waals surface area (Å²) >= 11 is 5.68. The molecule has 0 aliphatic heterocycles. The molecule has 0 bridgehead atoms. The van der Waals surface area contributed by atoms with Crippen LogP contribution in [0.25, 0.3) is 22.6 Å². The van der Waals surface area contributed by atoms with Crippen molar-refractivity contribution >= 4 is 28.7 Å². The highest BCUT2D eigenvalue weighted by molar-refractivity contribution is 6.30. The van der Waals surface area contributed by atoms with E-state index in [4.69, 9.17) is 21.1 Å². The van der Waals surface area contributed by atoms with Crippen LogP contribution in [0.15, 0.2) is 40.8 Å². The minimum absolute atomic E-state index is 0.00636. The lowest BCUT2D eigenvalue weighted by Gasteiger charge is -1.97. The van der Waals surface area contributed by atoms with E-state index >= 15 is 0 Å². The molecular weight excluding hydrogens is 285 g/mol. The molecule has 1 heterocycles. The minimum Gasteiger partial charge on any atom is -0.478 e. The average molecular weight is 292 g/mol. The Hall–Kier alpha value is -2.40. The molecule has 1 aromatic heterocycles. The Morgan fingerprint density at radius 1 is 1.30 bits per heavy atom. The predicted molar refractivity (Wildman–Crippen MR) is 71.4 cm³/mol. The number of carbonyl (C=O) groups is 1. The van der Waals surface area contributed by atoms with E-state index in [9.17, 15) is 9.18 Å². The Kier molecular flexibility index (Phi) is 2.91. The molecule has 20 heavy (non-hydrogen) atoms. The largest absolute Gasteiger partial charge is 0.478 e. The van der Waals surface area contributed by atoms with Crippen LogP contribution in [-0.4, -0.2) is 16.1 Å². The molecule has 3 aromatic rings. The Morgan fingerprint density at radius 2 is 2.10 bits per heavy atom. The quantitative estimate of drug-likeness (QED) is 0.775. The lowest BCUT2D eigenvalue weighted by Crippen LogP contribution is -1.96. The summed E-state index contributed by atoms with van der Waals surface area (Å²) in [4.78, 5) is 15.2. The molecule has 2 aromatic carbocycles. The van der Waals surface area contributed by atoms with Crippen LogP contribution in [0.2, 0.25) is 5.02 Å². The van der Waals surface area contributed by atoms with Gasteiger partial charge >= 0.3 is 5.97 Å². The first-order valence-electron chi connectivity index (χ1n) is 5.64. The van der Waals surface area contributed by atoms with Gasteiger partial charge in [0.05, 0.1) is 11.1 Å². The van der Waals surface area contributed by atoms with Crippen LogP contribution >= 0.6 is 11.6 Å². The summed E-state index contributed by atoms with van der Waals surface area (Å²) in [5.41, 5.74) is 0.604. The Bertz CT molecular complexity index is 828. The molecule has 1 N–H and O–H groups in total. The third-order valence-corrected chi connectivity index (χ3v) is 3.05. The van der Waals surface area contributed by atoms with E-state index in [-0.39, 0.29) is 33.1 Å². The number of hydrogen-bond acceptors (Lipinski definition) is 3. The molecule has 0 fully saturated rings. The van der Waals surface area contributed by atoms with Gasteiger partial charge in [-0.1, -0.05) is 17.7 Å². The Balaban J connectivity index is 2.23. The number of oxazole rings is 1. The smallest absolute Gasteiger partial charge is 0.338 e. The summed E-state index contributed by atoms with van der Waals surface area (Å²) in [5.74, 6) is -1.68. The first kappa shape index (κ1) is 12.6. The van der Waals surface area contributed by atoms with E-state index in [2.05, 4.69) is 4.98 Å². The molecule has 6 heteroatoms. The summed E-state index contributed by atoms with van der Waals surface area (Å²) in [5, 5.41) is 9.34. The average Bonchev–Trinajstić information content (AvgIpc) is 2.81. The maximum Gasteiger partial charge on any atom is 0.338 e. The number of rotatable bonds is 2. The third kappa shape index (κ3) is 2.02. The number of carboxylic acid groups (broad SMARTS) is 1.